The molecule has 1 atom stereocenters. The van der Waals surface area contributed by atoms with Gasteiger partial charge in [-0.05, 0) is 36.8 Å². The van der Waals surface area contributed by atoms with E-state index in [4.69, 9.17) is 29.0 Å². The van der Waals surface area contributed by atoms with Gasteiger partial charge in [-0.25, -0.2) is 9.67 Å². The molecule has 0 N–H and O–H groups in total. The van der Waals surface area contributed by atoms with Crippen LogP contribution in [0.3, 0.4) is 0 Å². The number of hydrogen-bond donors (Lipinski definition) is 0. The summed E-state index contributed by atoms with van der Waals surface area (Å²) in [6.07, 6.45) is 0.927. The summed E-state index contributed by atoms with van der Waals surface area (Å²) in [4.78, 5) is 4.86. The summed E-state index contributed by atoms with van der Waals surface area (Å²) in [6, 6.07) is 13.6. The molecule has 2 aromatic carbocycles. The highest BCUT2D eigenvalue weighted by Gasteiger charge is 2.26. The zero-order chi connectivity index (χ0) is 18.2. The summed E-state index contributed by atoms with van der Waals surface area (Å²) < 4.78 is 23.9. The number of rotatable bonds is 4. The Hall–Kier alpha value is -3.06. The first-order valence-corrected chi connectivity index (χ1v) is 8.91. The van der Waals surface area contributed by atoms with Gasteiger partial charge < -0.3 is 18.9 Å². The number of fused-ring (bicyclic) bond motifs is 1. The highest BCUT2D eigenvalue weighted by Crippen LogP contribution is 2.37. The molecule has 7 nitrogen and oxygen atoms in total. The molecule has 0 bridgehead atoms. The molecule has 1 unspecified atom stereocenters. The maximum absolute atomic E-state index is 5.54. The molecule has 5 rings (SSSR count). The van der Waals surface area contributed by atoms with Crippen LogP contribution in [0.4, 0.5) is 0 Å². The highest BCUT2D eigenvalue weighted by atomic mass is 16.7. The lowest BCUT2D eigenvalue weighted by Gasteiger charge is -2.10. The molecular weight excluding hydrogens is 346 g/mol. The minimum absolute atomic E-state index is 0.203. The number of ether oxygens (including phenoxy) is 4. The van der Waals surface area contributed by atoms with E-state index in [1.54, 1.807) is 7.11 Å². The lowest BCUT2D eigenvalue weighted by Crippen LogP contribution is -2.04. The summed E-state index contributed by atoms with van der Waals surface area (Å²) in [5.74, 6) is 3.91. The summed E-state index contributed by atoms with van der Waals surface area (Å²) in [5.41, 5.74) is 1.74. The first kappa shape index (κ1) is 16.1. The SMILES string of the molecule is COc1ccccc1-n1nc(C2CCOC2)nc1-c1ccc2c(c1)OCO2. The number of hydrogen-bond acceptors (Lipinski definition) is 6. The zero-order valence-corrected chi connectivity index (χ0v) is 14.9. The zero-order valence-electron chi connectivity index (χ0n) is 14.9. The van der Waals surface area contributed by atoms with Crippen LogP contribution in [0.2, 0.25) is 0 Å². The van der Waals surface area contributed by atoms with Crippen LogP contribution in [0.15, 0.2) is 42.5 Å². The monoisotopic (exact) mass is 365 g/mol. The van der Waals surface area contributed by atoms with E-state index in [1.807, 2.05) is 47.1 Å². The van der Waals surface area contributed by atoms with Gasteiger partial charge in [-0.15, -0.1) is 0 Å². The average molecular weight is 365 g/mol. The van der Waals surface area contributed by atoms with E-state index in [1.165, 1.54) is 0 Å². The maximum atomic E-state index is 5.54. The molecule has 138 valence electrons. The molecule has 3 heterocycles. The van der Waals surface area contributed by atoms with Crippen LogP contribution in [0, 0.1) is 0 Å². The van der Waals surface area contributed by atoms with E-state index in [0.29, 0.717) is 12.4 Å². The summed E-state index contributed by atoms with van der Waals surface area (Å²) in [6.45, 7) is 1.63. The Morgan fingerprint density at radius 1 is 1.11 bits per heavy atom. The Bertz CT molecular complexity index is 979. The van der Waals surface area contributed by atoms with Gasteiger partial charge in [0.15, 0.2) is 23.1 Å². The van der Waals surface area contributed by atoms with Gasteiger partial charge in [-0.1, -0.05) is 12.1 Å². The van der Waals surface area contributed by atoms with Crippen molar-refractivity contribution in [3.05, 3.63) is 48.3 Å². The molecule has 7 heteroatoms. The fourth-order valence-electron chi connectivity index (χ4n) is 3.43. The third-order valence-corrected chi connectivity index (χ3v) is 4.86. The van der Waals surface area contributed by atoms with E-state index in [0.717, 1.165) is 47.4 Å². The van der Waals surface area contributed by atoms with Crippen molar-refractivity contribution in [3.63, 3.8) is 0 Å². The fraction of sp³-hybridized carbons (Fsp3) is 0.300. The number of aromatic nitrogens is 3. The highest BCUT2D eigenvalue weighted by molar-refractivity contribution is 5.64. The van der Waals surface area contributed by atoms with E-state index in [-0.39, 0.29) is 12.7 Å². The lowest BCUT2D eigenvalue weighted by molar-refractivity contribution is 0.174. The Kier molecular flexibility index (Phi) is 3.94. The average Bonchev–Trinajstić information content (AvgIpc) is 3.47. The van der Waals surface area contributed by atoms with Crippen molar-refractivity contribution < 1.29 is 18.9 Å². The second-order valence-electron chi connectivity index (χ2n) is 6.51. The van der Waals surface area contributed by atoms with Crippen LogP contribution >= 0.6 is 0 Å². The van der Waals surface area contributed by atoms with Crippen molar-refractivity contribution in [2.24, 2.45) is 0 Å². The van der Waals surface area contributed by atoms with Crippen molar-refractivity contribution in [1.82, 2.24) is 14.8 Å². The quantitative estimate of drug-likeness (QED) is 0.707. The molecule has 1 fully saturated rings. The van der Waals surface area contributed by atoms with Gasteiger partial charge in [-0.3, -0.25) is 0 Å². The summed E-state index contributed by atoms with van der Waals surface area (Å²) >= 11 is 0. The van der Waals surface area contributed by atoms with Gasteiger partial charge in [-0.2, -0.15) is 5.10 Å². The smallest absolute Gasteiger partial charge is 0.231 e. The van der Waals surface area contributed by atoms with Crippen molar-refractivity contribution in [2.75, 3.05) is 27.1 Å². The maximum Gasteiger partial charge on any atom is 0.231 e. The minimum atomic E-state index is 0.203. The second kappa shape index (κ2) is 6.59. The lowest BCUT2D eigenvalue weighted by atomic mass is 10.1. The van der Waals surface area contributed by atoms with Crippen LogP contribution < -0.4 is 14.2 Å². The van der Waals surface area contributed by atoms with Gasteiger partial charge in [0, 0.05) is 18.1 Å². The first-order chi connectivity index (χ1) is 13.3. The molecule has 2 aliphatic rings. The van der Waals surface area contributed by atoms with Crippen LogP contribution in [0.1, 0.15) is 18.2 Å². The molecular formula is C20H19N3O4. The molecule has 2 aliphatic heterocycles. The van der Waals surface area contributed by atoms with Gasteiger partial charge in [0.1, 0.15) is 11.4 Å². The molecule has 0 aliphatic carbocycles. The third-order valence-electron chi connectivity index (χ3n) is 4.86. The van der Waals surface area contributed by atoms with Crippen molar-refractivity contribution >= 4 is 0 Å². The van der Waals surface area contributed by atoms with E-state index in [9.17, 15) is 0 Å². The van der Waals surface area contributed by atoms with Crippen molar-refractivity contribution in [1.29, 1.82) is 0 Å². The number of nitrogens with zero attached hydrogens (tertiary/aromatic N) is 3. The molecule has 3 aromatic rings. The summed E-state index contributed by atoms with van der Waals surface area (Å²) in [5, 5.41) is 4.81. The molecule has 0 radical (unpaired) electrons. The van der Waals surface area contributed by atoms with Gasteiger partial charge >= 0.3 is 0 Å². The molecule has 1 saturated heterocycles. The predicted molar refractivity (Wildman–Crippen MR) is 97.6 cm³/mol. The van der Waals surface area contributed by atoms with Crippen LogP contribution in [-0.2, 0) is 4.74 Å². The molecule has 27 heavy (non-hydrogen) atoms. The minimum Gasteiger partial charge on any atom is -0.494 e. The van der Waals surface area contributed by atoms with Crippen LogP contribution in [0.5, 0.6) is 17.2 Å². The van der Waals surface area contributed by atoms with Gasteiger partial charge in [0.2, 0.25) is 6.79 Å². The van der Waals surface area contributed by atoms with E-state index in [2.05, 4.69) is 0 Å². The number of benzene rings is 2. The van der Waals surface area contributed by atoms with E-state index < -0.39 is 0 Å². The normalized spacial score (nSPS) is 18.0. The van der Waals surface area contributed by atoms with Gasteiger partial charge in [0.25, 0.3) is 0 Å². The van der Waals surface area contributed by atoms with E-state index >= 15 is 0 Å². The molecule has 0 saturated carbocycles. The molecule has 0 spiro atoms. The van der Waals surface area contributed by atoms with Gasteiger partial charge in [0.05, 0.1) is 13.7 Å². The summed E-state index contributed by atoms with van der Waals surface area (Å²) in [7, 11) is 1.65. The molecule has 1 aromatic heterocycles. The Morgan fingerprint density at radius 2 is 2.00 bits per heavy atom. The first-order valence-electron chi connectivity index (χ1n) is 8.91. The fourth-order valence-corrected chi connectivity index (χ4v) is 3.43. The number of methoxy groups -OCH3 is 1. The second-order valence-corrected chi connectivity index (χ2v) is 6.51. The topological polar surface area (TPSA) is 67.6 Å². The Morgan fingerprint density at radius 3 is 2.85 bits per heavy atom. The Balaban J connectivity index is 1.66. The molecule has 0 amide bonds. The van der Waals surface area contributed by atoms with Crippen molar-refractivity contribution in [3.8, 4) is 34.3 Å². The number of para-hydroxylation sites is 2. The van der Waals surface area contributed by atoms with Crippen LogP contribution in [-0.4, -0.2) is 41.9 Å². The predicted octanol–water partition coefficient (Wildman–Crippen LogP) is 3.18. The third kappa shape index (κ3) is 2.80. The van der Waals surface area contributed by atoms with Crippen molar-refractivity contribution in [2.45, 2.75) is 12.3 Å². The standard InChI is InChI=1S/C20H19N3O4/c1-24-16-5-3-2-4-15(16)23-20(21-19(22-23)14-8-9-25-11-14)13-6-7-17-18(10-13)27-12-26-17/h2-7,10,14H,8-9,11-12H2,1H3. The largest absolute Gasteiger partial charge is 0.494 e. The Labute approximate surface area is 156 Å². The van der Waals surface area contributed by atoms with Crippen LogP contribution in [0.25, 0.3) is 17.1 Å².